The quantitative estimate of drug-likeness (QED) is 0.779. The Kier molecular flexibility index (Phi) is 6.29. The van der Waals surface area contributed by atoms with E-state index >= 15 is 0 Å². The van der Waals surface area contributed by atoms with Gasteiger partial charge in [0.2, 0.25) is 5.91 Å². The lowest BCUT2D eigenvalue weighted by Gasteiger charge is -2.04. The molecule has 2 N–H and O–H groups in total. The first-order chi connectivity index (χ1) is 11.0. The summed E-state index contributed by atoms with van der Waals surface area (Å²) in [5.41, 5.74) is 2.54. The first-order valence-electron chi connectivity index (χ1n) is 7.54. The summed E-state index contributed by atoms with van der Waals surface area (Å²) < 4.78 is 0. The first-order valence-corrected chi connectivity index (χ1v) is 8.42. The molecule has 5 nitrogen and oxygen atoms in total. The summed E-state index contributed by atoms with van der Waals surface area (Å²) in [6.45, 7) is 2.54. The van der Waals surface area contributed by atoms with Crippen molar-refractivity contribution in [2.45, 2.75) is 32.6 Å². The molecule has 0 aliphatic heterocycles. The fourth-order valence-corrected chi connectivity index (χ4v) is 2.90. The van der Waals surface area contributed by atoms with Gasteiger partial charge >= 0.3 is 5.97 Å². The zero-order valence-electron chi connectivity index (χ0n) is 13.0. The van der Waals surface area contributed by atoms with Gasteiger partial charge in [-0.15, -0.1) is 11.3 Å². The molecule has 0 aliphatic rings. The fourth-order valence-electron chi connectivity index (χ4n) is 2.13. The van der Waals surface area contributed by atoms with Crippen molar-refractivity contribution >= 4 is 23.2 Å². The zero-order valence-corrected chi connectivity index (χ0v) is 13.9. The molecule has 0 aliphatic carbocycles. The Balaban J connectivity index is 1.63. The van der Waals surface area contributed by atoms with E-state index < -0.39 is 5.97 Å². The molecular weight excluding hydrogens is 312 g/mol. The summed E-state index contributed by atoms with van der Waals surface area (Å²) in [4.78, 5) is 26.5. The molecule has 0 fully saturated rings. The third-order valence-corrected chi connectivity index (χ3v) is 4.33. The maximum Gasteiger partial charge on any atom is 0.355 e. The van der Waals surface area contributed by atoms with Crippen LogP contribution in [0.3, 0.4) is 0 Å². The second-order valence-corrected chi connectivity index (χ2v) is 6.31. The molecule has 1 aromatic heterocycles. The minimum atomic E-state index is -1.02. The standard InChI is InChI=1S/C17H20N2O3S/c1-12-5-7-13(8-6-12)3-2-4-15(20)18-10-9-16-19-14(11-23-16)17(21)22/h5-8,11H,2-4,9-10H2,1H3,(H,18,20)(H,21,22). The first kappa shape index (κ1) is 17.1. The summed E-state index contributed by atoms with van der Waals surface area (Å²) >= 11 is 1.30. The summed E-state index contributed by atoms with van der Waals surface area (Å²) in [5, 5.41) is 13.9. The number of carboxylic acids is 1. The number of hydrogen-bond donors (Lipinski definition) is 2. The number of nitrogens with zero attached hydrogens (tertiary/aromatic N) is 1. The smallest absolute Gasteiger partial charge is 0.355 e. The average Bonchev–Trinajstić information content (AvgIpc) is 2.98. The van der Waals surface area contributed by atoms with Gasteiger partial charge in [0, 0.05) is 24.8 Å². The van der Waals surface area contributed by atoms with Gasteiger partial charge in [0.05, 0.1) is 5.01 Å². The Morgan fingerprint density at radius 1 is 1.22 bits per heavy atom. The fraction of sp³-hybridized carbons (Fsp3) is 0.353. The summed E-state index contributed by atoms with van der Waals surface area (Å²) in [6, 6.07) is 8.34. The van der Waals surface area contributed by atoms with Crippen molar-refractivity contribution in [2.75, 3.05) is 6.54 Å². The number of thiazole rings is 1. The summed E-state index contributed by atoms with van der Waals surface area (Å²) in [5.74, 6) is -1.00. The Morgan fingerprint density at radius 2 is 1.96 bits per heavy atom. The van der Waals surface area contributed by atoms with Crippen molar-refractivity contribution < 1.29 is 14.7 Å². The molecule has 1 aromatic carbocycles. The molecule has 1 amide bonds. The van der Waals surface area contributed by atoms with Crippen molar-refractivity contribution in [3.05, 3.63) is 51.5 Å². The molecular formula is C17H20N2O3S. The molecule has 6 heteroatoms. The summed E-state index contributed by atoms with van der Waals surface area (Å²) in [6.07, 6.45) is 2.76. The molecule has 23 heavy (non-hydrogen) atoms. The lowest BCUT2D eigenvalue weighted by molar-refractivity contribution is -0.121. The van der Waals surface area contributed by atoms with Gasteiger partial charge in [0.25, 0.3) is 0 Å². The highest BCUT2D eigenvalue weighted by Gasteiger charge is 2.08. The van der Waals surface area contributed by atoms with E-state index in [2.05, 4.69) is 41.5 Å². The number of carbonyl (C=O) groups excluding carboxylic acids is 1. The molecule has 0 spiro atoms. The van der Waals surface area contributed by atoms with Crippen LogP contribution in [0.5, 0.6) is 0 Å². The Morgan fingerprint density at radius 3 is 2.61 bits per heavy atom. The second kappa shape index (κ2) is 8.43. The van der Waals surface area contributed by atoms with Crippen LogP contribution < -0.4 is 5.32 Å². The van der Waals surface area contributed by atoms with Gasteiger partial charge in [-0.1, -0.05) is 29.8 Å². The van der Waals surface area contributed by atoms with Crippen LogP contribution in [0.2, 0.25) is 0 Å². The van der Waals surface area contributed by atoms with Crippen LogP contribution in [0.4, 0.5) is 0 Å². The number of rotatable bonds is 8. The zero-order chi connectivity index (χ0) is 16.7. The minimum Gasteiger partial charge on any atom is -0.476 e. The van der Waals surface area contributed by atoms with E-state index in [4.69, 9.17) is 5.11 Å². The normalized spacial score (nSPS) is 10.5. The van der Waals surface area contributed by atoms with Crippen LogP contribution in [0.1, 0.15) is 39.5 Å². The SMILES string of the molecule is Cc1ccc(CCCC(=O)NCCc2nc(C(=O)O)cs2)cc1. The van der Waals surface area contributed by atoms with Gasteiger partial charge in [-0.25, -0.2) is 9.78 Å². The molecule has 0 atom stereocenters. The molecule has 0 saturated carbocycles. The number of carbonyl (C=O) groups is 2. The number of amides is 1. The van der Waals surface area contributed by atoms with Gasteiger partial charge in [-0.3, -0.25) is 4.79 Å². The monoisotopic (exact) mass is 332 g/mol. The van der Waals surface area contributed by atoms with E-state index in [-0.39, 0.29) is 11.6 Å². The molecule has 0 unspecified atom stereocenters. The van der Waals surface area contributed by atoms with Crippen molar-refractivity contribution in [1.82, 2.24) is 10.3 Å². The minimum absolute atomic E-state index is 0.0205. The number of benzene rings is 1. The van der Waals surface area contributed by atoms with E-state index in [1.54, 1.807) is 0 Å². The van der Waals surface area contributed by atoms with Crippen LogP contribution in [0.25, 0.3) is 0 Å². The van der Waals surface area contributed by atoms with Crippen LogP contribution in [0, 0.1) is 6.92 Å². The van der Waals surface area contributed by atoms with E-state index in [1.807, 2.05) is 0 Å². The largest absolute Gasteiger partial charge is 0.476 e. The highest BCUT2D eigenvalue weighted by atomic mass is 32.1. The molecule has 0 radical (unpaired) electrons. The molecule has 122 valence electrons. The van der Waals surface area contributed by atoms with E-state index in [9.17, 15) is 9.59 Å². The predicted molar refractivity (Wildman–Crippen MR) is 89.9 cm³/mol. The molecule has 1 heterocycles. The van der Waals surface area contributed by atoms with Gasteiger partial charge < -0.3 is 10.4 Å². The highest BCUT2D eigenvalue weighted by molar-refractivity contribution is 7.09. The topological polar surface area (TPSA) is 79.3 Å². The number of aryl methyl sites for hydroxylation is 2. The Hall–Kier alpha value is -2.21. The summed E-state index contributed by atoms with van der Waals surface area (Å²) in [7, 11) is 0. The molecule has 2 rings (SSSR count). The maximum atomic E-state index is 11.8. The second-order valence-electron chi connectivity index (χ2n) is 5.37. The van der Waals surface area contributed by atoms with Crippen LogP contribution in [-0.2, 0) is 17.6 Å². The lowest BCUT2D eigenvalue weighted by atomic mass is 10.1. The Bertz CT molecular complexity index is 665. The van der Waals surface area contributed by atoms with Crippen molar-refractivity contribution in [3.8, 4) is 0 Å². The number of aromatic carboxylic acids is 1. The van der Waals surface area contributed by atoms with Crippen molar-refractivity contribution in [2.24, 2.45) is 0 Å². The van der Waals surface area contributed by atoms with E-state index in [0.717, 1.165) is 17.8 Å². The lowest BCUT2D eigenvalue weighted by Crippen LogP contribution is -2.25. The number of aromatic nitrogens is 1. The van der Waals surface area contributed by atoms with Gasteiger partial charge in [0.1, 0.15) is 0 Å². The Labute approximate surface area is 139 Å². The van der Waals surface area contributed by atoms with E-state index in [0.29, 0.717) is 19.4 Å². The van der Waals surface area contributed by atoms with Crippen LogP contribution in [0.15, 0.2) is 29.6 Å². The van der Waals surface area contributed by atoms with Crippen LogP contribution >= 0.6 is 11.3 Å². The molecule has 0 bridgehead atoms. The van der Waals surface area contributed by atoms with Gasteiger partial charge in [0.15, 0.2) is 5.69 Å². The van der Waals surface area contributed by atoms with Gasteiger partial charge in [-0.2, -0.15) is 0 Å². The number of carboxylic acid groups (broad SMARTS) is 1. The average molecular weight is 332 g/mol. The van der Waals surface area contributed by atoms with E-state index in [1.165, 1.54) is 27.8 Å². The maximum absolute atomic E-state index is 11.8. The van der Waals surface area contributed by atoms with Gasteiger partial charge in [-0.05, 0) is 25.3 Å². The highest BCUT2D eigenvalue weighted by Crippen LogP contribution is 2.10. The molecule has 0 saturated heterocycles. The van der Waals surface area contributed by atoms with Crippen molar-refractivity contribution in [1.29, 1.82) is 0 Å². The third-order valence-electron chi connectivity index (χ3n) is 3.42. The number of hydrogen-bond acceptors (Lipinski definition) is 4. The number of nitrogens with one attached hydrogen (secondary N) is 1. The van der Waals surface area contributed by atoms with Crippen LogP contribution in [-0.4, -0.2) is 28.5 Å². The predicted octanol–water partition coefficient (Wildman–Crippen LogP) is 2.83. The third kappa shape index (κ3) is 5.83. The molecule has 2 aromatic rings. The van der Waals surface area contributed by atoms with Crippen molar-refractivity contribution in [3.63, 3.8) is 0 Å².